The lowest BCUT2D eigenvalue weighted by atomic mass is 9.93. The number of nitrogens with zero attached hydrogens (tertiary/aromatic N) is 2. The zero-order chi connectivity index (χ0) is 26.8. The van der Waals surface area contributed by atoms with Crippen molar-refractivity contribution in [3.8, 4) is 11.5 Å². The highest BCUT2D eigenvalue weighted by atomic mass is 127. The Balaban J connectivity index is 1.85. The van der Waals surface area contributed by atoms with Gasteiger partial charge in [0, 0.05) is 11.6 Å². The van der Waals surface area contributed by atoms with Crippen LogP contribution in [0.1, 0.15) is 29.9 Å². The van der Waals surface area contributed by atoms with Crippen LogP contribution in [-0.4, -0.2) is 31.4 Å². The van der Waals surface area contributed by atoms with E-state index < -0.39 is 12.0 Å². The quantitative estimate of drug-likeness (QED) is 0.222. The highest BCUT2D eigenvalue weighted by Crippen LogP contribution is 2.38. The van der Waals surface area contributed by atoms with Crippen LogP contribution in [-0.2, 0) is 9.53 Å². The van der Waals surface area contributed by atoms with Crippen molar-refractivity contribution in [2.24, 2.45) is 4.99 Å². The number of rotatable bonds is 7. The van der Waals surface area contributed by atoms with E-state index in [-0.39, 0.29) is 17.7 Å². The lowest BCUT2D eigenvalue weighted by molar-refractivity contribution is -0.138. The van der Waals surface area contributed by atoms with E-state index in [9.17, 15) is 9.59 Å². The smallest absolute Gasteiger partial charge is 0.338 e. The second kappa shape index (κ2) is 11.0. The van der Waals surface area contributed by atoms with Crippen LogP contribution < -0.4 is 24.4 Å². The molecule has 5 rings (SSSR count). The summed E-state index contributed by atoms with van der Waals surface area (Å²) in [6, 6.07) is 17.5. The van der Waals surface area contributed by atoms with Crippen LogP contribution >= 0.6 is 33.9 Å². The number of thiazole rings is 1. The fraction of sp³-hybridized carbons (Fsp3) is 0.179. The van der Waals surface area contributed by atoms with Crippen molar-refractivity contribution in [3.05, 3.63) is 107 Å². The van der Waals surface area contributed by atoms with E-state index in [0.29, 0.717) is 41.6 Å². The monoisotopic (exact) mass is 642 g/mol. The predicted octanol–water partition coefficient (Wildman–Crippen LogP) is 4.15. The third kappa shape index (κ3) is 4.81. The normalized spacial score (nSPS) is 15.2. The number of benzene rings is 2. The van der Waals surface area contributed by atoms with E-state index in [2.05, 4.69) is 22.6 Å². The van der Waals surface area contributed by atoms with Crippen molar-refractivity contribution >= 4 is 51.7 Å². The van der Waals surface area contributed by atoms with Gasteiger partial charge in [-0.3, -0.25) is 9.36 Å². The minimum Gasteiger partial charge on any atom is -0.493 e. The molecule has 38 heavy (non-hydrogen) atoms. The van der Waals surface area contributed by atoms with Gasteiger partial charge in [-0.05, 0) is 59.3 Å². The van der Waals surface area contributed by atoms with Gasteiger partial charge in [0.15, 0.2) is 20.1 Å². The molecule has 2 aromatic carbocycles. The van der Waals surface area contributed by atoms with Crippen LogP contribution in [0.4, 0.5) is 0 Å². The molecular weight excluding hydrogens is 619 g/mol. The molecule has 0 fully saturated rings. The van der Waals surface area contributed by atoms with Gasteiger partial charge < -0.3 is 18.6 Å². The highest BCUT2D eigenvalue weighted by molar-refractivity contribution is 14.1. The Morgan fingerprint density at radius 3 is 2.53 bits per heavy atom. The first-order valence-electron chi connectivity index (χ1n) is 11.7. The molecule has 0 N–H and O–H groups in total. The molecule has 1 aliphatic heterocycles. The summed E-state index contributed by atoms with van der Waals surface area (Å²) >= 11 is 3.30. The Hall–Kier alpha value is -3.64. The standard InChI is InChI=1S/C28H23IN2O6S/c1-4-36-27(33)23-24(16-8-6-5-7-9-16)30-28-31(25(23)17-10-12-19(34-2)20(14-17)35-3)26(32)21(38-28)15-18-11-13-22(29)37-18/h5-15,25H,4H2,1-3H3/b21-15-/t25-/m0/s1. The molecule has 0 saturated heterocycles. The SMILES string of the molecule is CCOC(=O)C1=C(c2ccccc2)N=c2s/c(=C\c3ccc(I)o3)c(=O)n2[C@H]1c1ccc(OC)c(OC)c1. The van der Waals surface area contributed by atoms with Crippen LogP contribution in [0.15, 0.2) is 80.4 Å². The number of esters is 1. The number of hydrogen-bond acceptors (Lipinski definition) is 8. The molecule has 0 amide bonds. The van der Waals surface area contributed by atoms with Crippen LogP contribution in [0, 0.1) is 3.77 Å². The number of halogens is 1. The third-order valence-corrected chi connectivity index (χ3v) is 7.53. The number of aromatic nitrogens is 1. The zero-order valence-electron chi connectivity index (χ0n) is 20.8. The van der Waals surface area contributed by atoms with E-state index in [1.54, 1.807) is 38.3 Å². The Kier molecular flexibility index (Phi) is 7.52. The lowest BCUT2D eigenvalue weighted by Crippen LogP contribution is -2.40. The Labute approximate surface area is 235 Å². The van der Waals surface area contributed by atoms with E-state index in [1.807, 2.05) is 42.5 Å². The second-order valence-corrected chi connectivity index (χ2v) is 10.3. The van der Waals surface area contributed by atoms with Gasteiger partial charge in [-0.2, -0.15) is 0 Å². The first-order chi connectivity index (χ1) is 18.4. The zero-order valence-corrected chi connectivity index (χ0v) is 23.7. The molecule has 1 aliphatic rings. The largest absolute Gasteiger partial charge is 0.493 e. The number of fused-ring (bicyclic) bond motifs is 1. The van der Waals surface area contributed by atoms with Crippen LogP contribution in [0.3, 0.4) is 0 Å². The minimum atomic E-state index is -0.820. The molecule has 1 atom stereocenters. The third-order valence-electron chi connectivity index (χ3n) is 5.96. The Morgan fingerprint density at radius 2 is 1.87 bits per heavy atom. The number of ether oxygens (including phenoxy) is 3. The maximum absolute atomic E-state index is 13.9. The van der Waals surface area contributed by atoms with Crippen molar-refractivity contribution in [2.45, 2.75) is 13.0 Å². The molecule has 3 heterocycles. The topological polar surface area (TPSA) is 92.3 Å². The molecular formula is C28H23IN2O6S. The summed E-state index contributed by atoms with van der Waals surface area (Å²) in [5, 5.41) is 0. The number of furan rings is 1. The van der Waals surface area contributed by atoms with Crippen molar-refractivity contribution in [2.75, 3.05) is 20.8 Å². The van der Waals surface area contributed by atoms with E-state index in [1.165, 1.54) is 23.0 Å². The molecule has 0 saturated carbocycles. The van der Waals surface area contributed by atoms with Gasteiger partial charge in [0.25, 0.3) is 5.56 Å². The van der Waals surface area contributed by atoms with E-state index >= 15 is 0 Å². The maximum Gasteiger partial charge on any atom is 0.338 e. The summed E-state index contributed by atoms with van der Waals surface area (Å²) in [5.41, 5.74) is 1.79. The van der Waals surface area contributed by atoms with E-state index in [4.69, 9.17) is 23.6 Å². The molecule has 2 aromatic heterocycles. The van der Waals surface area contributed by atoms with Crippen LogP contribution in [0.25, 0.3) is 11.8 Å². The summed E-state index contributed by atoms with van der Waals surface area (Å²) < 4.78 is 24.8. The van der Waals surface area contributed by atoms with Crippen LogP contribution in [0.5, 0.6) is 11.5 Å². The lowest BCUT2D eigenvalue weighted by Gasteiger charge is -2.26. The van der Waals surface area contributed by atoms with Crippen LogP contribution in [0.2, 0.25) is 0 Å². The summed E-state index contributed by atoms with van der Waals surface area (Å²) in [5.74, 6) is 1.000. The summed E-state index contributed by atoms with van der Waals surface area (Å²) in [6.45, 7) is 1.91. The fourth-order valence-electron chi connectivity index (χ4n) is 4.31. The molecule has 0 radical (unpaired) electrons. The number of methoxy groups -OCH3 is 2. The number of carbonyl (C=O) groups is 1. The average molecular weight is 642 g/mol. The van der Waals surface area contributed by atoms with Gasteiger partial charge in [0.1, 0.15) is 5.76 Å². The molecule has 8 nitrogen and oxygen atoms in total. The molecule has 194 valence electrons. The number of hydrogen-bond donors (Lipinski definition) is 0. The average Bonchev–Trinajstić information content (AvgIpc) is 3.49. The van der Waals surface area contributed by atoms with Gasteiger partial charge in [-0.1, -0.05) is 47.7 Å². The van der Waals surface area contributed by atoms with Gasteiger partial charge in [-0.25, -0.2) is 9.79 Å². The van der Waals surface area contributed by atoms with Gasteiger partial charge >= 0.3 is 5.97 Å². The molecule has 0 bridgehead atoms. The highest BCUT2D eigenvalue weighted by Gasteiger charge is 2.35. The van der Waals surface area contributed by atoms with Gasteiger partial charge in [0.2, 0.25) is 0 Å². The minimum absolute atomic E-state index is 0.171. The molecule has 0 aliphatic carbocycles. The maximum atomic E-state index is 13.9. The molecule has 10 heteroatoms. The molecule has 4 aromatic rings. The van der Waals surface area contributed by atoms with Crippen molar-refractivity contribution < 1.29 is 23.4 Å². The van der Waals surface area contributed by atoms with Crippen molar-refractivity contribution in [3.63, 3.8) is 0 Å². The fourth-order valence-corrected chi connectivity index (χ4v) is 5.73. The molecule has 0 unspecified atom stereocenters. The van der Waals surface area contributed by atoms with E-state index in [0.717, 1.165) is 5.56 Å². The summed E-state index contributed by atoms with van der Waals surface area (Å²) in [7, 11) is 3.09. The predicted molar refractivity (Wildman–Crippen MR) is 152 cm³/mol. The first kappa shape index (κ1) is 26.0. The van der Waals surface area contributed by atoms with Gasteiger partial charge in [0.05, 0.1) is 42.7 Å². The summed E-state index contributed by atoms with van der Waals surface area (Å²) in [4.78, 5) is 32.7. The molecule has 0 spiro atoms. The summed E-state index contributed by atoms with van der Waals surface area (Å²) in [6.07, 6.45) is 1.69. The van der Waals surface area contributed by atoms with Gasteiger partial charge in [-0.15, -0.1) is 0 Å². The van der Waals surface area contributed by atoms with Crippen molar-refractivity contribution in [1.82, 2.24) is 4.57 Å². The van der Waals surface area contributed by atoms with Crippen molar-refractivity contribution in [1.29, 1.82) is 0 Å². The Morgan fingerprint density at radius 1 is 1.11 bits per heavy atom. The second-order valence-electron chi connectivity index (χ2n) is 8.19. The number of carbonyl (C=O) groups excluding carboxylic acids is 1. The Bertz CT molecular complexity index is 1720. The first-order valence-corrected chi connectivity index (χ1v) is 13.6.